The second-order valence-electron chi connectivity index (χ2n) is 6.22. The first-order valence-electron chi connectivity index (χ1n) is 7.45. The van der Waals surface area contributed by atoms with E-state index in [9.17, 15) is 0 Å². The molecule has 1 aliphatic carbocycles. The molecule has 5 nitrogen and oxygen atoms in total. The van der Waals surface area contributed by atoms with E-state index in [4.69, 9.17) is 4.74 Å². The van der Waals surface area contributed by atoms with Gasteiger partial charge in [0.1, 0.15) is 0 Å². The van der Waals surface area contributed by atoms with E-state index >= 15 is 0 Å². The molecule has 0 radical (unpaired) electrons. The van der Waals surface area contributed by atoms with Gasteiger partial charge in [0.25, 0.3) is 0 Å². The molecule has 1 fully saturated rings. The highest BCUT2D eigenvalue weighted by Gasteiger charge is 2.36. The normalized spacial score (nSPS) is 25.9. The van der Waals surface area contributed by atoms with Crippen LogP contribution in [0.3, 0.4) is 0 Å². The fourth-order valence-corrected chi connectivity index (χ4v) is 3.53. The monoisotopic (exact) mass is 356 g/mol. The van der Waals surface area contributed by atoms with Gasteiger partial charge in [0, 0.05) is 12.1 Å². The molecular weight excluding hydrogens is 332 g/mol. The molecule has 0 aliphatic heterocycles. The predicted molar refractivity (Wildman–Crippen MR) is 88.8 cm³/mol. The van der Waals surface area contributed by atoms with Crippen molar-refractivity contribution in [2.45, 2.75) is 38.1 Å². The molecule has 0 aromatic carbocycles. The van der Waals surface area contributed by atoms with Gasteiger partial charge in [-0.3, -0.25) is 0 Å². The van der Waals surface area contributed by atoms with Crippen molar-refractivity contribution < 1.29 is 4.74 Å². The molecule has 0 saturated heterocycles. The Kier molecular flexibility index (Phi) is 5.43. The lowest BCUT2D eigenvalue weighted by Gasteiger charge is -2.45. The molecule has 21 heavy (non-hydrogen) atoms. The summed E-state index contributed by atoms with van der Waals surface area (Å²) in [7, 11) is 5.95. The van der Waals surface area contributed by atoms with Crippen LogP contribution in [0.4, 0.5) is 5.95 Å². The summed E-state index contributed by atoms with van der Waals surface area (Å²) in [5, 5.41) is 3.39. The summed E-state index contributed by atoms with van der Waals surface area (Å²) in [6.45, 7) is 3.20. The Hall–Kier alpha value is -0.880. The first kappa shape index (κ1) is 16.5. The predicted octanol–water partition coefficient (Wildman–Crippen LogP) is 3.17. The molecular formula is C15H25BrN4O. The molecule has 1 N–H and O–H groups in total. The third-order valence-corrected chi connectivity index (χ3v) is 5.04. The van der Waals surface area contributed by atoms with Crippen molar-refractivity contribution >= 4 is 21.9 Å². The molecule has 0 bridgehead atoms. The molecule has 6 heteroatoms. The molecule has 1 saturated carbocycles. The summed E-state index contributed by atoms with van der Waals surface area (Å²) < 4.78 is 5.99. The zero-order valence-electron chi connectivity index (χ0n) is 13.3. The Morgan fingerprint density at radius 3 is 2.90 bits per heavy atom. The van der Waals surface area contributed by atoms with Crippen LogP contribution in [0.5, 0.6) is 5.88 Å². The number of likely N-dealkylation sites (N-methyl/N-ethyl adjacent to an activating group) is 1. The lowest BCUT2D eigenvalue weighted by atomic mass is 9.75. The summed E-state index contributed by atoms with van der Waals surface area (Å²) >= 11 is 3.37. The number of hydrogen-bond acceptors (Lipinski definition) is 5. The number of hydrogen-bond donors (Lipinski definition) is 1. The second-order valence-corrected chi connectivity index (χ2v) is 7.08. The molecule has 1 aromatic heterocycles. The lowest BCUT2D eigenvalue weighted by Crippen LogP contribution is -2.52. The van der Waals surface area contributed by atoms with Gasteiger partial charge in [0.15, 0.2) is 0 Å². The minimum atomic E-state index is 0.182. The Balaban J connectivity index is 2.08. The van der Waals surface area contributed by atoms with Gasteiger partial charge in [-0.25, -0.2) is 4.98 Å². The van der Waals surface area contributed by atoms with Gasteiger partial charge in [-0.1, -0.05) is 19.8 Å². The number of anilines is 1. The van der Waals surface area contributed by atoms with Crippen molar-refractivity contribution in [3.8, 4) is 5.88 Å². The van der Waals surface area contributed by atoms with E-state index in [1.165, 1.54) is 25.7 Å². The number of ether oxygens (including phenoxy) is 1. The Bertz CT molecular complexity index is 483. The first-order chi connectivity index (χ1) is 9.97. The average molecular weight is 357 g/mol. The van der Waals surface area contributed by atoms with Gasteiger partial charge in [-0.05, 0) is 48.8 Å². The third kappa shape index (κ3) is 3.86. The molecule has 0 spiro atoms. The average Bonchev–Trinajstić information content (AvgIpc) is 2.46. The molecule has 1 aliphatic rings. The van der Waals surface area contributed by atoms with Crippen molar-refractivity contribution in [3.63, 3.8) is 0 Å². The number of rotatable bonds is 5. The van der Waals surface area contributed by atoms with Crippen molar-refractivity contribution in [2.24, 2.45) is 5.92 Å². The van der Waals surface area contributed by atoms with Gasteiger partial charge >= 0.3 is 0 Å². The Labute approximate surface area is 135 Å². The summed E-state index contributed by atoms with van der Waals surface area (Å²) in [4.78, 5) is 11.0. The maximum absolute atomic E-state index is 5.22. The largest absolute Gasteiger partial charge is 0.480 e. The molecule has 1 aromatic rings. The standard InChI is InChI=1S/C15H25BrN4O/c1-11-6-5-7-15(8-11,20(2)3)10-18-14-17-9-12(16)13(19-14)21-4/h9,11H,5-8,10H2,1-4H3,(H,17,18,19). The van der Waals surface area contributed by atoms with Crippen molar-refractivity contribution in [1.29, 1.82) is 0 Å². The molecule has 1 heterocycles. The number of nitrogens with zero attached hydrogens (tertiary/aromatic N) is 3. The Morgan fingerprint density at radius 1 is 1.52 bits per heavy atom. The SMILES string of the molecule is COc1nc(NCC2(N(C)C)CCCC(C)C2)ncc1Br. The summed E-state index contributed by atoms with van der Waals surface area (Å²) in [6.07, 6.45) is 6.76. The smallest absolute Gasteiger partial charge is 0.232 e. The maximum Gasteiger partial charge on any atom is 0.232 e. The number of nitrogens with one attached hydrogen (secondary N) is 1. The van der Waals surface area contributed by atoms with Crippen molar-refractivity contribution in [2.75, 3.05) is 33.1 Å². The molecule has 0 amide bonds. The van der Waals surface area contributed by atoms with Gasteiger partial charge in [-0.2, -0.15) is 4.98 Å². The van der Waals surface area contributed by atoms with E-state index < -0.39 is 0 Å². The highest BCUT2D eigenvalue weighted by Crippen LogP contribution is 2.35. The van der Waals surface area contributed by atoms with Gasteiger partial charge in [-0.15, -0.1) is 0 Å². The van der Waals surface area contributed by atoms with Crippen LogP contribution in [-0.4, -0.2) is 48.2 Å². The van der Waals surface area contributed by atoms with Gasteiger partial charge in [0.2, 0.25) is 11.8 Å². The van der Waals surface area contributed by atoms with Crippen LogP contribution < -0.4 is 10.1 Å². The van der Waals surface area contributed by atoms with E-state index in [-0.39, 0.29) is 5.54 Å². The van der Waals surface area contributed by atoms with Crippen LogP contribution in [0.1, 0.15) is 32.6 Å². The number of aromatic nitrogens is 2. The van der Waals surface area contributed by atoms with E-state index in [2.05, 4.69) is 57.1 Å². The van der Waals surface area contributed by atoms with Crippen LogP contribution >= 0.6 is 15.9 Å². The second kappa shape index (κ2) is 6.92. The molecule has 118 valence electrons. The van der Waals surface area contributed by atoms with Gasteiger partial charge < -0.3 is 15.0 Å². The minimum absolute atomic E-state index is 0.182. The van der Waals surface area contributed by atoms with Gasteiger partial charge in [0.05, 0.1) is 17.8 Å². The van der Waals surface area contributed by atoms with Crippen LogP contribution in [0.25, 0.3) is 0 Å². The summed E-state index contributed by atoms with van der Waals surface area (Å²) in [5.41, 5.74) is 0.182. The third-order valence-electron chi connectivity index (χ3n) is 4.50. The topological polar surface area (TPSA) is 50.3 Å². The fourth-order valence-electron chi connectivity index (χ4n) is 3.18. The lowest BCUT2D eigenvalue weighted by molar-refractivity contribution is 0.0880. The van der Waals surface area contributed by atoms with E-state index in [1.807, 2.05) is 0 Å². The molecule has 2 rings (SSSR count). The van der Waals surface area contributed by atoms with E-state index in [1.54, 1.807) is 13.3 Å². The minimum Gasteiger partial charge on any atom is -0.480 e. The summed E-state index contributed by atoms with van der Waals surface area (Å²) in [6, 6.07) is 0. The zero-order chi connectivity index (χ0) is 15.5. The fraction of sp³-hybridized carbons (Fsp3) is 0.733. The zero-order valence-corrected chi connectivity index (χ0v) is 14.9. The van der Waals surface area contributed by atoms with Crippen LogP contribution in [0, 0.1) is 5.92 Å². The quantitative estimate of drug-likeness (QED) is 0.877. The summed E-state index contributed by atoms with van der Waals surface area (Å²) in [5.74, 6) is 1.95. The maximum atomic E-state index is 5.22. The van der Waals surface area contributed by atoms with Crippen molar-refractivity contribution in [3.05, 3.63) is 10.7 Å². The van der Waals surface area contributed by atoms with Crippen molar-refractivity contribution in [1.82, 2.24) is 14.9 Å². The number of halogens is 1. The highest BCUT2D eigenvalue weighted by molar-refractivity contribution is 9.10. The van der Waals surface area contributed by atoms with E-state index in [0.717, 1.165) is 16.9 Å². The van der Waals surface area contributed by atoms with Crippen LogP contribution in [-0.2, 0) is 0 Å². The van der Waals surface area contributed by atoms with Crippen LogP contribution in [0.2, 0.25) is 0 Å². The first-order valence-corrected chi connectivity index (χ1v) is 8.24. The Morgan fingerprint density at radius 2 is 2.29 bits per heavy atom. The number of methoxy groups -OCH3 is 1. The van der Waals surface area contributed by atoms with Crippen LogP contribution in [0.15, 0.2) is 10.7 Å². The highest BCUT2D eigenvalue weighted by atomic mass is 79.9. The molecule has 2 unspecified atom stereocenters. The van der Waals surface area contributed by atoms with E-state index in [0.29, 0.717) is 11.8 Å². The molecule has 2 atom stereocenters.